The van der Waals surface area contributed by atoms with Crippen molar-refractivity contribution in [2.24, 2.45) is 0 Å². The molecule has 0 radical (unpaired) electrons. The normalized spacial score (nSPS) is 20.9. The first kappa shape index (κ1) is 30.1. The first-order valence-electron chi connectivity index (χ1n) is 13.2. The van der Waals surface area contributed by atoms with Crippen LogP contribution in [0.4, 0.5) is 35.5 Å². The highest BCUT2D eigenvalue weighted by Crippen LogP contribution is 2.37. The third-order valence-corrected chi connectivity index (χ3v) is 7.55. The molecule has 0 aromatic heterocycles. The van der Waals surface area contributed by atoms with Gasteiger partial charge in [-0.15, -0.1) is 0 Å². The van der Waals surface area contributed by atoms with Gasteiger partial charge in [0.2, 0.25) is 0 Å². The number of halogens is 7. The fourth-order valence-electron chi connectivity index (χ4n) is 5.52. The first-order valence-corrected chi connectivity index (χ1v) is 13.2. The van der Waals surface area contributed by atoms with E-state index in [-0.39, 0.29) is 54.9 Å². The molecule has 2 unspecified atom stereocenters. The van der Waals surface area contributed by atoms with Gasteiger partial charge < -0.3 is 15.0 Å². The number of piperidine rings is 1. The molecule has 2 aromatic carbocycles. The maximum absolute atomic E-state index is 13.8. The lowest BCUT2D eigenvalue weighted by molar-refractivity contribution is -0.143. The van der Waals surface area contributed by atoms with E-state index in [1.54, 1.807) is 17.9 Å². The molecule has 220 valence electrons. The van der Waals surface area contributed by atoms with Crippen LogP contribution in [0.5, 0.6) is 0 Å². The Morgan fingerprint density at radius 3 is 2.23 bits per heavy atom. The highest BCUT2D eigenvalue weighted by molar-refractivity contribution is 5.75. The molecule has 12 heteroatoms. The molecular formula is C28H32F7N3O2. The van der Waals surface area contributed by atoms with E-state index >= 15 is 0 Å². The van der Waals surface area contributed by atoms with Crippen molar-refractivity contribution in [3.05, 3.63) is 70.0 Å². The number of nitrogens with zero attached hydrogens (tertiary/aromatic N) is 2. The van der Waals surface area contributed by atoms with Gasteiger partial charge in [-0.1, -0.05) is 6.07 Å². The molecule has 4 rings (SSSR count). The van der Waals surface area contributed by atoms with Crippen LogP contribution in [0.25, 0.3) is 0 Å². The minimum Gasteiger partial charge on any atom is -0.379 e. The summed E-state index contributed by atoms with van der Waals surface area (Å²) >= 11 is 0. The van der Waals surface area contributed by atoms with Gasteiger partial charge in [-0.3, -0.25) is 4.90 Å². The Morgan fingerprint density at radius 2 is 1.62 bits per heavy atom. The summed E-state index contributed by atoms with van der Waals surface area (Å²) in [5.74, 6) is -0.374. The molecule has 2 amide bonds. The second-order valence-electron chi connectivity index (χ2n) is 10.3. The molecule has 5 nitrogen and oxygen atoms in total. The number of aryl methyl sites for hydroxylation is 2. The average molecular weight is 576 g/mol. The molecule has 2 saturated heterocycles. The number of amides is 2. The number of alkyl halides is 6. The number of hydrogen-bond donors (Lipinski definition) is 1. The number of nitrogens with one attached hydrogen (secondary N) is 1. The van der Waals surface area contributed by atoms with Gasteiger partial charge in [-0.05, 0) is 79.6 Å². The van der Waals surface area contributed by atoms with Crippen molar-refractivity contribution in [1.29, 1.82) is 0 Å². The summed E-state index contributed by atoms with van der Waals surface area (Å²) in [6.07, 6.45) is -8.38. The SMILES string of the molecule is Cc1cc(F)ccc1C1CC(N2CCOCC2)CCN1C(=O)NCCCc1cc(C(F)(F)F)cc(C(F)(F)F)c1. The van der Waals surface area contributed by atoms with Crippen molar-refractivity contribution >= 4 is 6.03 Å². The van der Waals surface area contributed by atoms with Crippen LogP contribution in [0, 0.1) is 12.7 Å². The topological polar surface area (TPSA) is 44.8 Å². The summed E-state index contributed by atoms with van der Waals surface area (Å²) in [6, 6.07) is 5.50. The lowest BCUT2D eigenvalue weighted by Crippen LogP contribution is -2.53. The maximum Gasteiger partial charge on any atom is 0.416 e. The monoisotopic (exact) mass is 575 g/mol. The molecule has 0 aliphatic carbocycles. The molecule has 2 fully saturated rings. The molecule has 40 heavy (non-hydrogen) atoms. The van der Waals surface area contributed by atoms with Crippen LogP contribution in [-0.4, -0.2) is 61.3 Å². The molecule has 0 saturated carbocycles. The largest absolute Gasteiger partial charge is 0.416 e. The number of morpholine rings is 1. The number of carbonyl (C=O) groups excluding carboxylic acids is 1. The molecular weight excluding hydrogens is 543 g/mol. The minimum absolute atomic E-state index is 0.0644. The Morgan fingerprint density at radius 1 is 0.975 bits per heavy atom. The zero-order chi connectivity index (χ0) is 29.1. The quantitative estimate of drug-likeness (QED) is 0.323. The Bertz CT molecular complexity index is 1150. The van der Waals surface area contributed by atoms with E-state index < -0.39 is 23.5 Å². The molecule has 2 aliphatic heterocycles. The number of carbonyl (C=O) groups is 1. The van der Waals surface area contributed by atoms with E-state index in [1.165, 1.54) is 12.1 Å². The minimum atomic E-state index is -4.91. The third-order valence-electron chi connectivity index (χ3n) is 7.55. The lowest BCUT2D eigenvalue weighted by atomic mass is 9.88. The third kappa shape index (κ3) is 7.45. The summed E-state index contributed by atoms with van der Waals surface area (Å²) < 4.78 is 98.2. The van der Waals surface area contributed by atoms with Gasteiger partial charge in [0.05, 0.1) is 30.4 Å². The number of ether oxygens (including phenoxy) is 1. The van der Waals surface area contributed by atoms with Crippen molar-refractivity contribution in [2.75, 3.05) is 39.4 Å². The fourth-order valence-corrected chi connectivity index (χ4v) is 5.52. The van der Waals surface area contributed by atoms with Crippen molar-refractivity contribution < 1.29 is 40.3 Å². The number of likely N-dealkylation sites (tertiary alicyclic amines) is 1. The predicted octanol–water partition coefficient (Wildman–Crippen LogP) is 6.35. The Hall–Kier alpha value is -2.86. The molecule has 2 aromatic rings. The van der Waals surface area contributed by atoms with Crippen LogP contribution in [0.15, 0.2) is 36.4 Å². The Labute approximate surface area is 228 Å². The van der Waals surface area contributed by atoms with Crippen LogP contribution >= 0.6 is 0 Å². The van der Waals surface area contributed by atoms with Crippen molar-refractivity contribution in [1.82, 2.24) is 15.1 Å². The highest BCUT2D eigenvalue weighted by atomic mass is 19.4. The van der Waals surface area contributed by atoms with Gasteiger partial charge >= 0.3 is 18.4 Å². The zero-order valence-electron chi connectivity index (χ0n) is 22.0. The average Bonchev–Trinajstić information content (AvgIpc) is 2.90. The van der Waals surface area contributed by atoms with E-state index in [9.17, 15) is 35.5 Å². The van der Waals surface area contributed by atoms with Gasteiger partial charge in [0.15, 0.2) is 0 Å². The summed E-state index contributed by atoms with van der Waals surface area (Å²) in [5, 5.41) is 2.77. The van der Waals surface area contributed by atoms with E-state index in [2.05, 4.69) is 10.2 Å². The van der Waals surface area contributed by atoms with Gasteiger partial charge in [0.25, 0.3) is 0 Å². The lowest BCUT2D eigenvalue weighted by Gasteiger charge is -2.45. The standard InChI is InChI=1S/C28H32F7N3O2/c1-18-13-22(29)4-5-24(18)25-17-23(37-9-11-40-12-10-37)6-8-38(25)26(39)36-7-2-3-19-14-20(27(30,31)32)16-21(15-19)28(33,34)35/h4-5,13-16,23,25H,2-3,6-12,17H2,1H3,(H,36,39). The van der Waals surface area contributed by atoms with Gasteiger partial charge in [0, 0.05) is 32.2 Å². The van der Waals surface area contributed by atoms with Crippen molar-refractivity contribution in [3.63, 3.8) is 0 Å². The second-order valence-corrected chi connectivity index (χ2v) is 10.3. The molecule has 0 bridgehead atoms. The molecule has 2 heterocycles. The summed E-state index contributed by atoms with van der Waals surface area (Å²) in [6.45, 7) is 5.15. The maximum atomic E-state index is 13.8. The van der Waals surface area contributed by atoms with E-state index in [0.29, 0.717) is 38.3 Å². The number of hydrogen-bond acceptors (Lipinski definition) is 3. The summed E-state index contributed by atoms with van der Waals surface area (Å²) in [4.78, 5) is 17.3. The molecule has 2 aliphatic rings. The van der Waals surface area contributed by atoms with Crippen LogP contribution < -0.4 is 5.32 Å². The molecule has 2 atom stereocenters. The number of benzene rings is 2. The van der Waals surface area contributed by atoms with Crippen LogP contribution in [0.3, 0.4) is 0 Å². The smallest absolute Gasteiger partial charge is 0.379 e. The van der Waals surface area contributed by atoms with E-state index in [4.69, 9.17) is 4.74 Å². The number of urea groups is 1. The number of rotatable bonds is 6. The second kappa shape index (κ2) is 12.3. The first-order chi connectivity index (χ1) is 18.8. The molecule has 1 N–H and O–H groups in total. The van der Waals surface area contributed by atoms with Crippen LogP contribution in [0.1, 0.15) is 53.1 Å². The van der Waals surface area contributed by atoms with Gasteiger partial charge in [-0.2, -0.15) is 26.3 Å². The molecule has 0 spiro atoms. The summed E-state index contributed by atoms with van der Waals surface area (Å²) in [7, 11) is 0. The fraction of sp³-hybridized carbons (Fsp3) is 0.536. The van der Waals surface area contributed by atoms with Gasteiger partial charge in [-0.25, -0.2) is 9.18 Å². The van der Waals surface area contributed by atoms with Gasteiger partial charge in [0.1, 0.15) is 5.82 Å². The van der Waals surface area contributed by atoms with E-state index in [0.717, 1.165) is 30.6 Å². The van der Waals surface area contributed by atoms with Crippen LogP contribution in [0.2, 0.25) is 0 Å². The van der Waals surface area contributed by atoms with Crippen molar-refractivity contribution in [2.45, 2.75) is 57.0 Å². The predicted molar refractivity (Wildman–Crippen MR) is 134 cm³/mol. The van der Waals surface area contributed by atoms with Crippen LogP contribution in [-0.2, 0) is 23.5 Å². The Kier molecular flexibility index (Phi) is 9.29. The summed E-state index contributed by atoms with van der Waals surface area (Å²) in [5.41, 5.74) is -1.28. The van der Waals surface area contributed by atoms with Crippen molar-refractivity contribution in [3.8, 4) is 0 Å². The Balaban J connectivity index is 1.42. The highest BCUT2D eigenvalue weighted by Gasteiger charge is 2.38. The van der Waals surface area contributed by atoms with E-state index in [1.807, 2.05) is 0 Å². The zero-order valence-corrected chi connectivity index (χ0v) is 22.0.